The molecule has 140 valence electrons. The van der Waals surface area contributed by atoms with E-state index >= 15 is 0 Å². The van der Waals surface area contributed by atoms with E-state index in [1.807, 2.05) is 36.4 Å². The minimum Gasteiger partial charge on any atom is -0.353 e. The maximum Gasteiger partial charge on any atom is 0.163 e. The van der Waals surface area contributed by atoms with E-state index in [1.165, 1.54) is 18.5 Å². The molecule has 0 fully saturated rings. The van der Waals surface area contributed by atoms with Gasteiger partial charge >= 0.3 is 0 Å². The SMILES string of the molecule is O=CC1Nc2c(Nc3ccc(F)c(Cl)c3)ncnc2N1C=Cc1ccccc1. The average molecular weight is 396 g/mol. The molecule has 28 heavy (non-hydrogen) atoms. The highest BCUT2D eigenvalue weighted by Gasteiger charge is 2.31. The molecule has 1 aliphatic rings. The molecular formula is C20H15ClFN5O. The Kier molecular flexibility index (Phi) is 4.90. The van der Waals surface area contributed by atoms with Gasteiger partial charge in [-0.05, 0) is 29.8 Å². The number of carbonyl (C=O) groups is 1. The highest BCUT2D eigenvalue weighted by atomic mass is 35.5. The molecule has 0 radical (unpaired) electrons. The quantitative estimate of drug-likeness (QED) is 0.622. The van der Waals surface area contributed by atoms with E-state index in [4.69, 9.17) is 11.6 Å². The molecule has 3 aromatic rings. The standard InChI is InChI=1S/C20H15ClFN5O/c21-15-10-14(6-7-16(15)22)25-19-18-20(24-12-23-19)27(17(11-28)26-18)9-8-13-4-2-1-3-5-13/h1-12,17,26H,(H,23,24,25). The molecule has 1 atom stereocenters. The van der Waals surface area contributed by atoms with Crippen LogP contribution in [0.15, 0.2) is 61.1 Å². The second kappa shape index (κ2) is 7.66. The van der Waals surface area contributed by atoms with Crippen LogP contribution in [-0.2, 0) is 4.79 Å². The summed E-state index contributed by atoms with van der Waals surface area (Å²) < 4.78 is 13.4. The molecule has 0 saturated carbocycles. The van der Waals surface area contributed by atoms with Crippen molar-refractivity contribution in [3.63, 3.8) is 0 Å². The highest BCUT2D eigenvalue weighted by Crippen LogP contribution is 2.38. The molecule has 0 bridgehead atoms. The number of benzene rings is 2. The summed E-state index contributed by atoms with van der Waals surface area (Å²) in [5.41, 5.74) is 2.13. The maximum absolute atomic E-state index is 13.4. The number of aldehydes is 1. The topological polar surface area (TPSA) is 70.1 Å². The van der Waals surface area contributed by atoms with Crippen molar-refractivity contribution in [2.75, 3.05) is 15.5 Å². The fourth-order valence-electron chi connectivity index (χ4n) is 2.85. The zero-order valence-corrected chi connectivity index (χ0v) is 15.3. The second-order valence-electron chi connectivity index (χ2n) is 6.03. The normalized spacial score (nSPS) is 15.4. The number of rotatable bonds is 5. The summed E-state index contributed by atoms with van der Waals surface area (Å²) in [6, 6.07) is 14.0. The lowest BCUT2D eigenvalue weighted by Gasteiger charge is -2.16. The summed E-state index contributed by atoms with van der Waals surface area (Å²) in [6.07, 6.45) is 5.24. The summed E-state index contributed by atoms with van der Waals surface area (Å²) in [5.74, 6) is 0.502. The predicted octanol–water partition coefficient (Wildman–Crippen LogP) is 4.44. The minimum atomic E-state index is -0.621. The summed E-state index contributed by atoms with van der Waals surface area (Å²) in [7, 11) is 0. The molecule has 0 aliphatic carbocycles. The van der Waals surface area contributed by atoms with Crippen molar-refractivity contribution in [1.29, 1.82) is 0 Å². The summed E-state index contributed by atoms with van der Waals surface area (Å²) >= 11 is 5.84. The van der Waals surface area contributed by atoms with E-state index in [0.717, 1.165) is 11.8 Å². The number of aromatic nitrogens is 2. The van der Waals surface area contributed by atoms with Gasteiger partial charge in [-0.1, -0.05) is 41.9 Å². The fraction of sp³-hybridized carbons (Fsp3) is 0.0500. The van der Waals surface area contributed by atoms with Gasteiger partial charge in [0.05, 0.1) is 5.02 Å². The van der Waals surface area contributed by atoms with E-state index in [-0.39, 0.29) is 5.02 Å². The van der Waals surface area contributed by atoms with Crippen LogP contribution in [0.5, 0.6) is 0 Å². The Bertz CT molecular complexity index is 1040. The van der Waals surface area contributed by atoms with Gasteiger partial charge in [-0.25, -0.2) is 14.4 Å². The Hall–Kier alpha value is -3.45. The van der Waals surface area contributed by atoms with Crippen molar-refractivity contribution in [3.05, 3.63) is 77.5 Å². The van der Waals surface area contributed by atoms with Crippen molar-refractivity contribution >= 4 is 47.0 Å². The van der Waals surface area contributed by atoms with Crippen LogP contribution >= 0.6 is 11.6 Å². The van der Waals surface area contributed by atoms with Crippen molar-refractivity contribution < 1.29 is 9.18 Å². The third kappa shape index (κ3) is 3.52. The van der Waals surface area contributed by atoms with Gasteiger partial charge in [-0.2, -0.15) is 0 Å². The fourth-order valence-corrected chi connectivity index (χ4v) is 3.03. The van der Waals surface area contributed by atoms with Crippen molar-refractivity contribution in [1.82, 2.24) is 9.97 Å². The van der Waals surface area contributed by atoms with Gasteiger partial charge in [0.25, 0.3) is 0 Å². The molecule has 1 aromatic heterocycles. The van der Waals surface area contributed by atoms with E-state index in [9.17, 15) is 9.18 Å². The Morgan fingerprint density at radius 2 is 2.00 bits per heavy atom. The first-order valence-corrected chi connectivity index (χ1v) is 8.84. The highest BCUT2D eigenvalue weighted by molar-refractivity contribution is 6.31. The zero-order valence-electron chi connectivity index (χ0n) is 14.5. The molecule has 1 aliphatic heterocycles. The minimum absolute atomic E-state index is 0.00171. The second-order valence-corrected chi connectivity index (χ2v) is 6.44. The van der Waals surface area contributed by atoms with Crippen LogP contribution < -0.4 is 15.5 Å². The first-order valence-electron chi connectivity index (χ1n) is 8.46. The molecule has 0 amide bonds. The number of anilines is 4. The lowest BCUT2D eigenvalue weighted by Crippen LogP contribution is -2.32. The van der Waals surface area contributed by atoms with Crippen LogP contribution in [0, 0.1) is 5.82 Å². The van der Waals surface area contributed by atoms with Crippen LogP contribution in [0.1, 0.15) is 5.56 Å². The molecule has 1 unspecified atom stereocenters. The van der Waals surface area contributed by atoms with E-state index in [2.05, 4.69) is 20.6 Å². The van der Waals surface area contributed by atoms with E-state index in [0.29, 0.717) is 23.0 Å². The van der Waals surface area contributed by atoms with Crippen molar-refractivity contribution in [2.45, 2.75) is 6.17 Å². The van der Waals surface area contributed by atoms with Gasteiger partial charge in [-0.3, -0.25) is 4.79 Å². The first kappa shape index (κ1) is 17.9. The number of nitrogens with one attached hydrogen (secondary N) is 2. The van der Waals surface area contributed by atoms with Crippen molar-refractivity contribution in [3.8, 4) is 0 Å². The molecule has 2 N–H and O–H groups in total. The predicted molar refractivity (Wildman–Crippen MR) is 108 cm³/mol. The smallest absolute Gasteiger partial charge is 0.163 e. The zero-order chi connectivity index (χ0) is 19.5. The number of nitrogens with zero attached hydrogens (tertiary/aromatic N) is 3. The van der Waals surface area contributed by atoms with Crippen LogP contribution in [0.2, 0.25) is 5.02 Å². The molecule has 0 saturated heterocycles. The lowest BCUT2D eigenvalue weighted by atomic mass is 10.2. The molecule has 8 heteroatoms. The number of hydrogen-bond acceptors (Lipinski definition) is 6. The molecule has 0 spiro atoms. The largest absolute Gasteiger partial charge is 0.353 e. The molecular weight excluding hydrogens is 381 g/mol. The molecule has 6 nitrogen and oxygen atoms in total. The number of fused-ring (bicyclic) bond motifs is 1. The van der Waals surface area contributed by atoms with E-state index < -0.39 is 12.0 Å². The van der Waals surface area contributed by atoms with Crippen LogP contribution in [0.4, 0.5) is 27.4 Å². The first-order chi connectivity index (χ1) is 13.7. The van der Waals surface area contributed by atoms with Crippen LogP contribution in [0.25, 0.3) is 6.08 Å². The Morgan fingerprint density at radius 1 is 1.18 bits per heavy atom. The average Bonchev–Trinajstić information content (AvgIpc) is 3.09. The molecule has 2 heterocycles. The summed E-state index contributed by atoms with van der Waals surface area (Å²) in [6.45, 7) is 0. The van der Waals surface area contributed by atoms with Gasteiger partial charge in [0, 0.05) is 11.9 Å². The number of carbonyl (C=O) groups excluding carboxylic acids is 1. The monoisotopic (exact) mass is 395 g/mol. The number of halogens is 2. The molecule has 4 rings (SSSR count). The number of hydrogen-bond donors (Lipinski definition) is 2. The van der Waals surface area contributed by atoms with Gasteiger partial charge in [0.1, 0.15) is 17.8 Å². The van der Waals surface area contributed by atoms with Crippen molar-refractivity contribution in [2.24, 2.45) is 0 Å². The van der Waals surface area contributed by atoms with Gasteiger partial charge < -0.3 is 15.5 Å². The third-order valence-electron chi connectivity index (χ3n) is 4.20. The maximum atomic E-state index is 13.4. The van der Waals surface area contributed by atoms with Crippen LogP contribution in [0.3, 0.4) is 0 Å². The van der Waals surface area contributed by atoms with E-state index in [1.54, 1.807) is 17.2 Å². The van der Waals surface area contributed by atoms with Gasteiger partial charge in [-0.15, -0.1) is 0 Å². The Balaban J connectivity index is 1.65. The summed E-state index contributed by atoms with van der Waals surface area (Å²) in [4.78, 5) is 21.8. The summed E-state index contributed by atoms with van der Waals surface area (Å²) in [5, 5.41) is 6.18. The third-order valence-corrected chi connectivity index (χ3v) is 4.49. The Morgan fingerprint density at radius 3 is 2.75 bits per heavy atom. The van der Waals surface area contributed by atoms with Gasteiger partial charge in [0.15, 0.2) is 24.1 Å². The molecule has 2 aromatic carbocycles. The van der Waals surface area contributed by atoms with Gasteiger partial charge in [0.2, 0.25) is 0 Å². The lowest BCUT2D eigenvalue weighted by molar-refractivity contribution is -0.108. The van der Waals surface area contributed by atoms with Crippen LogP contribution in [-0.4, -0.2) is 22.4 Å². The Labute approximate surface area is 165 Å².